The average Bonchev–Trinajstić information content (AvgIpc) is 3.60. The number of carbonyl (C=O) groups is 2. The molecule has 0 atom stereocenters. The lowest BCUT2D eigenvalue weighted by Crippen LogP contribution is -2.31. The van der Waals surface area contributed by atoms with Crippen LogP contribution in [-0.4, -0.2) is 16.9 Å². The van der Waals surface area contributed by atoms with E-state index >= 15 is 4.79 Å². The summed E-state index contributed by atoms with van der Waals surface area (Å²) in [5.74, 6) is -0.408. The Hall–Kier alpha value is -7.30. The van der Waals surface area contributed by atoms with E-state index in [2.05, 4.69) is 65.2 Å². The quantitative estimate of drug-likeness (QED) is 0.148. The molecule has 0 bridgehead atoms. The van der Waals surface area contributed by atoms with Gasteiger partial charge in [0.25, 0.3) is 5.91 Å². The van der Waals surface area contributed by atoms with Crippen molar-refractivity contribution in [2.75, 3.05) is 4.90 Å². The van der Waals surface area contributed by atoms with Gasteiger partial charge in [-0.15, -0.1) is 0 Å². The molecule has 0 spiro atoms. The number of rotatable bonds is 8. The normalized spacial score (nSPS) is 11.1. The first kappa shape index (κ1) is 33.5. The zero-order valence-electron chi connectivity index (χ0n) is 30.3. The number of carbonyl (C=O) groups excluding carboxylic acids is 2. The first-order chi connectivity index (χ1) is 27.1. The van der Waals surface area contributed by atoms with Gasteiger partial charge in [-0.2, -0.15) is 0 Å². The highest BCUT2D eigenvalue weighted by atomic mass is 16.2. The summed E-state index contributed by atoms with van der Waals surface area (Å²) in [5, 5.41) is 2.14. The van der Waals surface area contributed by atoms with Crippen molar-refractivity contribution in [3.8, 4) is 50.2 Å². The van der Waals surface area contributed by atoms with Crippen molar-refractivity contribution in [2.45, 2.75) is 6.92 Å². The van der Waals surface area contributed by atoms with Crippen LogP contribution in [-0.2, 0) is 4.79 Å². The van der Waals surface area contributed by atoms with Crippen molar-refractivity contribution in [1.82, 2.24) is 4.57 Å². The molecule has 1 heterocycles. The van der Waals surface area contributed by atoms with Gasteiger partial charge in [-0.3, -0.25) is 9.59 Å². The third-order valence-electron chi connectivity index (χ3n) is 10.5. The SMILES string of the molecule is Cc1cccc(-n2c3c(-c4ccccc4)cccc3c3cccc(-c4ccccc4)c32)c1C(=O)N(C=O)c1cc(-c2ccccc2)ccc1-c1ccccc1. The monoisotopic (exact) mass is 708 g/mol. The summed E-state index contributed by atoms with van der Waals surface area (Å²) in [6.45, 7) is 1.95. The molecular weight excluding hydrogens is 673 g/mol. The summed E-state index contributed by atoms with van der Waals surface area (Å²) in [6.07, 6.45) is 0.659. The molecule has 0 radical (unpaired) electrons. The van der Waals surface area contributed by atoms with Gasteiger partial charge in [-0.25, -0.2) is 4.90 Å². The minimum Gasteiger partial charge on any atom is -0.307 e. The second kappa shape index (κ2) is 14.3. The molecule has 4 nitrogen and oxygen atoms in total. The Balaban J connectivity index is 1.33. The standard InChI is InChI=1S/C51H36N2O2/c1-35-17-14-30-46(48(35)51(55)52(34-54)47-33-40(36-18-6-2-7-19-36)31-32-41(47)37-20-8-3-9-21-37)53-49-42(38-22-10-4-11-23-38)26-15-28-44(49)45-29-16-27-43(50(45)53)39-24-12-5-13-25-39/h2-34H,1H3. The van der Waals surface area contributed by atoms with Crippen molar-refractivity contribution in [3.05, 3.63) is 205 Å². The third-order valence-corrected chi connectivity index (χ3v) is 10.5. The van der Waals surface area contributed by atoms with E-state index in [-0.39, 0.29) is 0 Å². The Morgan fingerprint density at radius 2 is 0.945 bits per heavy atom. The van der Waals surface area contributed by atoms with Gasteiger partial charge >= 0.3 is 0 Å². The number of hydrogen-bond acceptors (Lipinski definition) is 2. The van der Waals surface area contributed by atoms with Gasteiger partial charge in [-0.1, -0.05) is 182 Å². The summed E-state index contributed by atoms with van der Waals surface area (Å²) in [7, 11) is 0. The van der Waals surface area contributed by atoms with Crippen molar-refractivity contribution < 1.29 is 9.59 Å². The molecule has 0 aliphatic carbocycles. The number of benzene rings is 8. The minimum absolute atomic E-state index is 0.408. The van der Waals surface area contributed by atoms with Gasteiger partial charge in [0.15, 0.2) is 0 Å². The van der Waals surface area contributed by atoms with E-state index in [9.17, 15) is 4.79 Å². The molecule has 0 saturated carbocycles. The van der Waals surface area contributed by atoms with Crippen molar-refractivity contribution in [3.63, 3.8) is 0 Å². The zero-order valence-corrected chi connectivity index (χ0v) is 30.3. The van der Waals surface area contributed by atoms with Crippen LogP contribution in [0.1, 0.15) is 15.9 Å². The van der Waals surface area contributed by atoms with Gasteiger partial charge in [0.1, 0.15) is 0 Å². The second-order valence-electron chi connectivity index (χ2n) is 13.7. The van der Waals surface area contributed by atoms with Crippen molar-refractivity contribution in [1.29, 1.82) is 0 Å². The molecular formula is C51H36N2O2. The van der Waals surface area contributed by atoms with E-state index in [0.29, 0.717) is 23.3 Å². The summed E-state index contributed by atoms with van der Waals surface area (Å²) in [6, 6.07) is 65.4. The molecule has 9 aromatic rings. The maximum absolute atomic E-state index is 15.4. The summed E-state index contributed by atoms with van der Waals surface area (Å²) >= 11 is 0. The van der Waals surface area contributed by atoms with Crippen LogP contribution in [0.3, 0.4) is 0 Å². The molecule has 9 rings (SSSR count). The van der Waals surface area contributed by atoms with Crippen LogP contribution in [0.2, 0.25) is 0 Å². The molecule has 0 saturated heterocycles. The zero-order chi connectivity index (χ0) is 37.3. The predicted octanol–water partition coefficient (Wildman–Crippen LogP) is 12.6. The number of para-hydroxylation sites is 2. The van der Waals surface area contributed by atoms with Gasteiger partial charge < -0.3 is 4.57 Å². The van der Waals surface area contributed by atoms with Crippen LogP contribution in [0, 0.1) is 6.92 Å². The van der Waals surface area contributed by atoms with Crippen LogP contribution in [0.15, 0.2) is 194 Å². The van der Waals surface area contributed by atoms with Gasteiger partial charge in [-0.05, 0) is 52.4 Å². The number of anilines is 1. The van der Waals surface area contributed by atoms with E-state index in [1.165, 1.54) is 4.90 Å². The predicted molar refractivity (Wildman–Crippen MR) is 227 cm³/mol. The van der Waals surface area contributed by atoms with E-state index in [1.807, 2.05) is 140 Å². The number of fused-ring (bicyclic) bond motifs is 3. The molecule has 1 aromatic heterocycles. The number of nitrogens with zero attached hydrogens (tertiary/aromatic N) is 2. The molecule has 0 aliphatic heterocycles. The molecule has 0 aliphatic rings. The van der Waals surface area contributed by atoms with E-state index in [0.717, 1.165) is 71.9 Å². The maximum atomic E-state index is 15.4. The van der Waals surface area contributed by atoms with Crippen LogP contribution >= 0.6 is 0 Å². The fourth-order valence-corrected chi connectivity index (χ4v) is 7.91. The molecule has 55 heavy (non-hydrogen) atoms. The first-order valence-corrected chi connectivity index (χ1v) is 18.4. The first-order valence-electron chi connectivity index (χ1n) is 18.4. The Morgan fingerprint density at radius 1 is 0.473 bits per heavy atom. The summed E-state index contributed by atoms with van der Waals surface area (Å²) in [5.41, 5.74) is 12.2. The third kappa shape index (κ3) is 5.91. The maximum Gasteiger partial charge on any atom is 0.267 e. The number of amides is 2. The van der Waals surface area contributed by atoms with Gasteiger partial charge in [0.2, 0.25) is 6.41 Å². The topological polar surface area (TPSA) is 42.3 Å². The van der Waals surface area contributed by atoms with Crippen molar-refractivity contribution in [2.24, 2.45) is 0 Å². The second-order valence-corrected chi connectivity index (χ2v) is 13.7. The van der Waals surface area contributed by atoms with E-state index in [4.69, 9.17) is 0 Å². The molecule has 2 amide bonds. The summed E-state index contributed by atoms with van der Waals surface area (Å²) in [4.78, 5) is 30.2. The Morgan fingerprint density at radius 3 is 1.45 bits per heavy atom. The van der Waals surface area contributed by atoms with E-state index in [1.54, 1.807) is 0 Å². The van der Waals surface area contributed by atoms with Crippen LogP contribution < -0.4 is 4.90 Å². The highest BCUT2D eigenvalue weighted by molar-refractivity contribution is 6.22. The fraction of sp³-hybridized carbons (Fsp3) is 0.0196. The molecule has 8 aromatic carbocycles. The molecule has 262 valence electrons. The van der Waals surface area contributed by atoms with Gasteiger partial charge in [0, 0.05) is 27.5 Å². The average molecular weight is 709 g/mol. The lowest BCUT2D eigenvalue weighted by molar-refractivity contribution is -0.106. The highest BCUT2D eigenvalue weighted by Crippen LogP contribution is 2.43. The molecule has 4 heteroatoms. The fourth-order valence-electron chi connectivity index (χ4n) is 7.91. The van der Waals surface area contributed by atoms with Crippen LogP contribution in [0.25, 0.3) is 72.0 Å². The Labute approximate surface area is 320 Å². The van der Waals surface area contributed by atoms with Crippen molar-refractivity contribution >= 4 is 39.8 Å². The molecule has 0 unspecified atom stereocenters. The minimum atomic E-state index is -0.408. The highest BCUT2D eigenvalue weighted by Gasteiger charge is 2.28. The largest absolute Gasteiger partial charge is 0.307 e. The Kier molecular flexibility index (Phi) is 8.69. The van der Waals surface area contributed by atoms with Crippen LogP contribution in [0.4, 0.5) is 5.69 Å². The number of hydrogen-bond donors (Lipinski definition) is 0. The lowest BCUT2D eigenvalue weighted by atomic mass is 9.96. The summed E-state index contributed by atoms with van der Waals surface area (Å²) < 4.78 is 2.25. The molecule has 0 fully saturated rings. The lowest BCUT2D eigenvalue weighted by Gasteiger charge is -2.24. The number of aryl methyl sites for hydroxylation is 1. The van der Waals surface area contributed by atoms with Gasteiger partial charge in [0.05, 0.1) is 28.0 Å². The smallest absolute Gasteiger partial charge is 0.267 e. The van der Waals surface area contributed by atoms with Crippen LogP contribution in [0.5, 0.6) is 0 Å². The molecule has 0 N–H and O–H groups in total. The number of imide groups is 1. The Bertz CT molecular complexity index is 2750. The van der Waals surface area contributed by atoms with E-state index < -0.39 is 5.91 Å². The number of aromatic nitrogens is 1.